The summed E-state index contributed by atoms with van der Waals surface area (Å²) in [6.45, 7) is 4.83. The number of amides is 1. The molecule has 0 aliphatic carbocycles. The molecule has 0 radical (unpaired) electrons. The summed E-state index contributed by atoms with van der Waals surface area (Å²) < 4.78 is 0. The Hall–Kier alpha value is -2.24. The van der Waals surface area contributed by atoms with Crippen LogP contribution in [0.3, 0.4) is 0 Å². The van der Waals surface area contributed by atoms with E-state index in [1.54, 1.807) is 6.07 Å². The van der Waals surface area contributed by atoms with E-state index in [2.05, 4.69) is 33.6 Å². The van der Waals surface area contributed by atoms with Crippen molar-refractivity contribution in [2.45, 2.75) is 25.9 Å². The van der Waals surface area contributed by atoms with Crippen LogP contribution in [0.5, 0.6) is 0 Å². The Morgan fingerprint density at radius 2 is 2.16 bits per heavy atom. The Bertz CT molecular complexity index is 905. The Morgan fingerprint density at radius 1 is 1.28 bits per heavy atom. The third kappa shape index (κ3) is 3.43. The molecule has 0 saturated heterocycles. The van der Waals surface area contributed by atoms with E-state index in [1.807, 2.05) is 41.7 Å². The van der Waals surface area contributed by atoms with Gasteiger partial charge in [0.25, 0.3) is 5.91 Å². The Balaban J connectivity index is 1.38. The van der Waals surface area contributed by atoms with Gasteiger partial charge in [-0.05, 0) is 42.5 Å². The van der Waals surface area contributed by atoms with Crippen molar-refractivity contribution in [3.8, 4) is 0 Å². The number of thiophene rings is 1. The summed E-state index contributed by atoms with van der Waals surface area (Å²) in [5.41, 5.74) is 2.76. The highest BCUT2D eigenvalue weighted by molar-refractivity contribution is 7.10. The summed E-state index contributed by atoms with van der Waals surface area (Å²) in [4.78, 5) is 20.8. The van der Waals surface area contributed by atoms with Crippen molar-refractivity contribution < 1.29 is 4.79 Å². The number of rotatable bonds is 4. The molecule has 1 aromatic carbocycles. The zero-order valence-corrected chi connectivity index (χ0v) is 15.1. The van der Waals surface area contributed by atoms with Crippen molar-refractivity contribution in [1.82, 2.24) is 15.2 Å². The standard InChI is InChI=1S/C20H21N3OS/c1-14(23-10-8-19-16(13-23)9-11-25-19)12-21-20(24)18-7-6-15-4-2-3-5-17(15)22-18/h2-7,9,11,14H,8,10,12-13H2,1H3,(H,21,24). The van der Waals surface area contributed by atoms with Crippen LogP contribution in [0.25, 0.3) is 10.9 Å². The normalized spacial score (nSPS) is 15.7. The molecule has 4 nitrogen and oxygen atoms in total. The molecule has 0 fully saturated rings. The first-order valence-corrected chi connectivity index (χ1v) is 9.52. The third-order valence-electron chi connectivity index (χ3n) is 4.85. The number of para-hydroxylation sites is 1. The highest BCUT2D eigenvalue weighted by Gasteiger charge is 2.22. The summed E-state index contributed by atoms with van der Waals surface area (Å²) in [5, 5.41) is 6.26. The molecule has 1 aliphatic rings. The second-order valence-electron chi connectivity index (χ2n) is 6.54. The molecule has 1 aliphatic heterocycles. The number of pyridine rings is 1. The van der Waals surface area contributed by atoms with Crippen molar-refractivity contribution >= 4 is 28.1 Å². The lowest BCUT2D eigenvalue weighted by Gasteiger charge is -2.32. The topological polar surface area (TPSA) is 45.2 Å². The van der Waals surface area contributed by atoms with Crippen molar-refractivity contribution in [1.29, 1.82) is 0 Å². The smallest absolute Gasteiger partial charge is 0.269 e. The van der Waals surface area contributed by atoms with E-state index < -0.39 is 0 Å². The number of carbonyl (C=O) groups is 1. The number of carbonyl (C=O) groups excluding carboxylic acids is 1. The van der Waals surface area contributed by atoms with E-state index in [1.165, 1.54) is 10.4 Å². The second-order valence-corrected chi connectivity index (χ2v) is 7.54. The highest BCUT2D eigenvalue weighted by atomic mass is 32.1. The van der Waals surface area contributed by atoms with Crippen LogP contribution in [0.2, 0.25) is 0 Å². The first kappa shape index (κ1) is 16.2. The van der Waals surface area contributed by atoms with Crippen molar-refractivity contribution in [2.24, 2.45) is 0 Å². The van der Waals surface area contributed by atoms with E-state index in [4.69, 9.17) is 0 Å². The lowest BCUT2D eigenvalue weighted by atomic mass is 10.1. The summed E-state index contributed by atoms with van der Waals surface area (Å²) in [6.07, 6.45) is 1.11. The minimum atomic E-state index is -0.106. The summed E-state index contributed by atoms with van der Waals surface area (Å²) in [6, 6.07) is 14.1. The van der Waals surface area contributed by atoms with Crippen LogP contribution < -0.4 is 5.32 Å². The lowest BCUT2D eigenvalue weighted by molar-refractivity contribution is 0.0928. The van der Waals surface area contributed by atoms with E-state index in [9.17, 15) is 4.79 Å². The molecule has 0 saturated carbocycles. The van der Waals surface area contributed by atoms with Crippen molar-refractivity contribution in [2.75, 3.05) is 13.1 Å². The first-order chi connectivity index (χ1) is 12.2. The minimum Gasteiger partial charge on any atom is -0.349 e. The first-order valence-electron chi connectivity index (χ1n) is 8.64. The Morgan fingerprint density at radius 3 is 3.08 bits per heavy atom. The number of fused-ring (bicyclic) bond motifs is 2. The number of aromatic nitrogens is 1. The van der Waals surface area contributed by atoms with Gasteiger partial charge in [0, 0.05) is 35.9 Å². The average Bonchev–Trinajstić information content (AvgIpc) is 3.13. The molecule has 0 spiro atoms. The zero-order valence-electron chi connectivity index (χ0n) is 14.2. The van der Waals surface area contributed by atoms with Crippen molar-refractivity contribution in [3.63, 3.8) is 0 Å². The molecule has 0 bridgehead atoms. The van der Waals surface area contributed by atoms with E-state index >= 15 is 0 Å². The predicted molar refractivity (Wildman–Crippen MR) is 102 cm³/mol. The van der Waals surface area contributed by atoms with Crippen molar-refractivity contribution in [3.05, 3.63) is 64.0 Å². The van der Waals surface area contributed by atoms with E-state index in [0.717, 1.165) is 30.4 Å². The maximum absolute atomic E-state index is 12.4. The van der Waals surface area contributed by atoms with Gasteiger partial charge in [0.05, 0.1) is 5.52 Å². The maximum atomic E-state index is 12.4. The van der Waals surface area contributed by atoms with Gasteiger partial charge in [-0.3, -0.25) is 9.69 Å². The molecule has 1 amide bonds. The average molecular weight is 351 g/mol. The number of hydrogen-bond donors (Lipinski definition) is 1. The quantitative estimate of drug-likeness (QED) is 0.783. The summed E-state index contributed by atoms with van der Waals surface area (Å²) >= 11 is 1.85. The molecule has 3 aromatic rings. The van der Waals surface area contributed by atoms with Gasteiger partial charge in [0.2, 0.25) is 0 Å². The second kappa shape index (κ2) is 6.94. The molecule has 1 unspecified atom stereocenters. The van der Waals surface area contributed by atoms with Gasteiger partial charge in [-0.2, -0.15) is 0 Å². The molecule has 4 rings (SSSR count). The summed E-state index contributed by atoms with van der Waals surface area (Å²) in [7, 11) is 0. The fraction of sp³-hybridized carbons (Fsp3) is 0.300. The third-order valence-corrected chi connectivity index (χ3v) is 5.87. The van der Waals surface area contributed by atoms with Crippen LogP contribution in [0.4, 0.5) is 0 Å². The van der Waals surface area contributed by atoms with Gasteiger partial charge in [-0.15, -0.1) is 11.3 Å². The highest BCUT2D eigenvalue weighted by Crippen LogP contribution is 2.25. The van der Waals surface area contributed by atoms with Crippen LogP contribution >= 0.6 is 11.3 Å². The number of nitrogens with zero attached hydrogens (tertiary/aromatic N) is 2. The van der Waals surface area contributed by atoms with Crippen LogP contribution in [-0.4, -0.2) is 34.9 Å². The van der Waals surface area contributed by atoms with Gasteiger partial charge in [-0.1, -0.05) is 24.3 Å². The predicted octanol–water partition coefficient (Wildman–Crippen LogP) is 3.47. The molecule has 3 heterocycles. The molecule has 1 N–H and O–H groups in total. The fourth-order valence-electron chi connectivity index (χ4n) is 3.30. The minimum absolute atomic E-state index is 0.106. The van der Waals surface area contributed by atoms with Gasteiger partial charge < -0.3 is 5.32 Å². The van der Waals surface area contributed by atoms with Gasteiger partial charge >= 0.3 is 0 Å². The molecule has 1 atom stereocenters. The molecule has 5 heteroatoms. The largest absolute Gasteiger partial charge is 0.349 e. The lowest BCUT2D eigenvalue weighted by Crippen LogP contribution is -2.44. The van der Waals surface area contributed by atoms with Crippen LogP contribution in [-0.2, 0) is 13.0 Å². The molecular weight excluding hydrogens is 330 g/mol. The number of nitrogens with one attached hydrogen (secondary N) is 1. The summed E-state index contributed by atoms with van der Waals surface area (Å²) in [5.74, 6) is -0.106. The van der Waals surface area contributed by atoms with E-state index in [0.29, 0.717) is 18.3 Å². The van der Waals surface area contributed by atoms with Crippen LogP contribution in [0.15, 0.2) is 47.8 Å². The van der Waals surface area contributed by atoms with Gasteiger partial charge in [-0.25, -0.2) is 4.98 Å². The van der Waals surface area contributed by atoms with Gasteiger partial charge in [0.1, 0.15) is 5.69 Å². The zero-order chi connectivity index (χ0) is 17.2. The molecular formula is C20H21N3OS. The monoisotopic (exact) mass is 351 g/mol. The Kier molecular flexibility index (Phi) is 4.51. The molecule has 2 aromatic heterocycles. The number of benzene rings is 1. The Labute approximate surface area is 151 Å². The molecule has 128 valence electrons. The SMILES string of the molecule is CC(CNC(=O)c1ccc2ccccc2n1)N1CCc2sccc2C1. The van der Waals surface area contributed by atoms with Crippen LogP contribution in [0.1, 0.15) is 27.9 Å². The maximum Gasteiger partial charge on any atom is 0.269 e. The van der Waals surface area contributed by atoms with Gasteiger partial charge in [0.15, 0.2) is 0 Å². The van der Waals surface area contributed by atoms with Crippen LogP contribution in [0, 0.1) is 0 Å². The fourth-order valence-corrected chi connectivity index (χ4v) is 4.19. The van der Waals surface area contributed by atoms with E-state index in [-0.39, 0.29) is 5.91 Å². The molecule has 25 heavy (non-hydrogen) atoms. The number of hydrogen-bond acceptors (Lipinski definition) is 4.